The molecule has 7 heteroatoms. The quantitative estimate of drug-likeness (QED) is 0.805. The highest BCUT2D eigenvalue weighted by Gasteiger charge is 2.45. The smallest absolute Gasteiger partial charge is 0.311 e. The van der Waals surface area contributed by atoms with Crippen molar-refractivity contribution in [1.82, 2.24) is 20.3 Å². The van der Waals surface area contributed by atoms with Crippen LogP contribution >= 0.6 is 0 Å². The monoisotopic (exact) mass is 266 g/mol. The molecule has 19 heavy (non-hydrogen) atoms. The van der Waals surface area contributed by atoms with E-state index in [0.717, 1.165) is 12.8 Å². The zero-order valence-electron chi connectivity index (χ0n) is 10.9. The largest absolute Gasteiger partial charge is 0.481 e. The van der Waals surface area contributed by atoms with E-state index in [1.165, 1.54) is 0 Å². The Morgan fingerprint density at radius 3 is 3.00 bits per heavy atom. The molecule has 1 saturated carbocycles. The van der Waals surface area contributed by atoms with Gasteiger partial charge >= 0.3 is 5.97 Å². The number of aliphatic carboxylic acids is 1. The molecule has 2 N–H and O–H groups in total. The van der Waals surface area contributed by atoms with Crippen LogP contribution in [0, 0.1) is 5.41 Å². The number of hydrogen-bond donors (Lipinski definition) is 2. The fourth-order valence-corrected chi connectivity index (χ4v) is 2.49. The lowest BCUT2D eigenvalue weighted by Gasteiger charge is -2.27. The minimum absolute atomic E-state index is 0.144. The number of carbonyl (C=O) groups is 2. The van der Waals surface area contributed by atoms with Crippen LogP contribution in [0.25, 0.3) is 0 Å². The molecular weight excluding hydrogens is 248 g/mol. The maximum Gasteiger partial charge on any atom is 0.311 e. The van der Waals surface area contributed by atoms with E-state index >= 15 is 0 Å². The minimum Gasteiger partial charge on any atom is -0.481 e. The van der Waals surface area contributed by atoms with Crippen molar-refractivity contribution in [2.75, 3.05) is 0 Å². The minimum atomic E-state index is -0.844. The average molecular weight is 266 g/mol. The van der Waals surface area contributed by atoms with Crippen LogP contribution in [-0.2, 0) is 16.1 Å². The second-order valence-corrected chi connectivity index (χ2v) is 5.15. The van der Waals surface area contributed by atoms with Crippen molar-refractivity contribution in [3.8, 4) is 0 Å². The van der Waals surface area contributed by atoms with Crippen molar-refractivity contribution < 1.29 is 14.7 Å². The summed E-state index contributed by atoms with van der Waals surface area (Å²) in [6.07, 6.45) is 5.67. The Morgan fingerprint density at radius 1 is 1.58 bits per heavy atom. The number of hydrogen-bond acceptors (Lipinski definition) is 4. The number of aryl methyl sites for hydroxylation is 1. The summed E-state index contributed by atoms with van der Waals surface area (Å²) in [5.74, 6) is -0.985. The van der Waals surface area contributed by atoms with Crippen molar-refractivity contribution in [3.63, 3.8) is 0 Å². The van der Waals surface area contributed by atoms with Gasteiger partial charge in [0, 0.05) is 18.7 Å². The van der Waals surface area contributed by atoms with Crippen LogP contribution in [0.15, 0.2) is 12.4 Å². The maximum atomic E-state index is 11.8. The molecule has 1 aromatic heterocycles. The number of amides is 1. The molecule has 2 unspecified atom stereocenters. The molecule has 0 radical (unpaired) electrons. The van der Waals surface area contributed by atoms with Crippen LogP contribution in [0.3, 0.4) is 0 Å². The molecule has 7 nitrogen and oxygen atoms in total. The maximum absolute atomic E-state index is 11.8. The Morgan fingerprint density at radius 2 is 2.37 bits per heavy atom. The molecule has 1 fully saturated rings. The first kappa shape index (κ1) is 13.5. The van der Waals surface area contributed by atoms with Gasteiger partial charge < -0.3 is 10.4 Å². The Labute approximate surface area is 111 Å². The first-order valence-electron chi connectivity index (χ1n) is 6.39. The zero-order valence-corrected chi connectivity index (χ0v) is 10.9. The van der Waals surface area contributed by atoms with E-state index in [-0.39, 0.29) is 18.4 Å². The summed E-state index contributed by atoms with van der Waals surface area (Å²) in [7, 11) is 0. The molecule has 1 amide bonds. The highest BCUT2D eigenvalue weighted by molar-refractivity contribution is 5.80. The highest BCUT2D eigenvalue weighted by Crippen LogP contribution is 2.38. The summed E-state index contributed by atoms with van der Waals surface area (Å²) in [6.45, 7) is 2.15. The molecule has 0 bridgehead atoms. The van der Waals surface area contributed by atoms with Crippen molar-refractivity contribution in [2.24, 2.45) is 5.41 Å². The van der Waals surface area contributed by atoms with Gasteiger partial charge in [0.1, 0.15) is 0 Å². The standard InChI is InChI=1S/C12H18N4O3/c1-12(11(18)19)5-2-3-9(12)14-10(17)4-7-16-8-6-13-15-16/h6,8-9H,2-5,7H2,1H3,(H,14,17)(H,18,19). The number of rotatable bonds is 5. The van der Waals surface area contributed by atoms with Crippen LogP contribution in [0.4, 0.5) is 0 Å². The Kier molecular flexibility index (Phi) is 3.82. The van der Waals surface area contributed by atoms with Crippen LogP contribution in [-0.4, -0.2) is 38.0 Å². The summed E-state index contributed by atoms with van der Waals surface area (Å²) in [4.78, 5) is 23.1. The molecule has 1 heterocycles. The third-order valence-corrected chi connectivity index (χ3v) is 3.82. The number of carbonyl (C=O) groups excluding carboxylic acids is 1. The van der Waals surface area contributed by atoms with Gasteiger partial charge in [-0.25, -0.2) is 0 Å². The Bertz CT molecular complexity index is 460. The molecule has 2 atom stereocenters. The lowest BCUT2D eigenvalue weighted by atomic mass is 9.85. The molecule has 0 spiro atoms. The Balaban J connectivity index is 1.86. The normalized spacial score (nSPS) is 26.3. The van der Waals surface area contributed by atoms with Gasteiger partial charge in [0.2, 0.25) is 5.91 Å². The van der Waals surface area contributed by atoms with Crippen LogP contribution in [0.5, 0.6) is 0 Å². The van der Waals surface area contributed by atoms with E-state index in [9.17, 15) is 14.7 Å². The van der Waals surface area contributed by atoms with E-state index in [4.69, 9.17) is 0 Å². The van der Waals surface area contributed by atoms with E-state index in [0.29, 0.717) is 13.0 Å². The van der Waals surface area contributed by atoms with E-state index in [1.807, 2.05) is 0 Å². The molecule has 2 rings (SSSR count). The first-order chi connectivity index (χ1) is 9.02. The second kappa shape index (κ2) is 5.38. The van der Waals surface area contributed by atoms with Gasteiger partial charge in [-0.15, -0.1) is 5.10 Å². The topological polar surface area (TPSA) is 97.1 Å². The van der Waals surface area contributed by atoms with Gasteiger partial charge in [0.05, 0.1) is 18.2 Å². The number of aromatic nitrogens is 3. The Hall–Kier alpha value is -1.92. The number of carboxylic acid groups (broad SMARTS) is 1. The van der Waals surface area contributed by atoms with Crippen molar-refractivity contribution in [2.45, 2.75) is 45.2 Å². The fraction of sp³-hybridized carbons (Fsp3) is 0.667. The van der Waals surface area contributed by atoms with Crippen molar-refractivity contribution in [1.29, 1.82) is 0 Å². The SMILES string of the molecule is CC1(C(=O)O)CCCC1NC(=O)CCn1ccnn1. The summed E-state index contributed by atoms with van der Waals surface area (Å²) in [5, 5.41) is 19.5. The van der Waals surface area contributed by atoms with Gasteiger partial charge in [0.25, 0.3) is 0 Å². The van der Waals surface area contributed by atoms with Crippen LogP contribution in [0.2, 0.25) is 0 Å². The molecule has 0 saturated heterocycles. The van der Waals surface area contributed by atoms with Gasteiger partial charge in [0.15, 0.2) is 0 Å². The molecular formula is C12H18N4O3. The van der Waals surface area contributed by atoms with Crippen molar-refractivity contribution in [3.05, 3.63) is 12.4 Å². The van der Waals surface area contributed by atoms with Crippen molar-refractivity contribution >= 4 is 11.9 Å². The van der Waals surface area contributed by atoms with E-state index in [1.54, 1.807) is 24.0 Å². The van der Waals surface area contributed by atoms with Gasteiger partial charge in [-0.2, -0.15) is 0 Å². The molecule has 104 valence electrons. The molecule has 1 aliphatic carbocycles. The number of carboxylic acids is 1. The summed E-state index contributed by atoms with van der Waals surface area (Å²) in [6, 6.07) is -0.284. The average Bonchev–Trinajstić information content (AvgIpc) is 2.98. The van der Waals surface area contributed by atoms with Crippen LogP contribution < -0.4 is 5.32 Å². The lowest BCUT2D eigenvalue weighted by Crippen LogP contribution is -2.47. The fourth-order valence-electron chi connectivity index (χ4n) is 2.49. The lowest BCUT2D eigenvalue weighted by molar-refractivity contribution is -0.149. The van der Waals surface area contributed by atoms with E-state index in [2.05, 4.69) is 15.6 Å². The first-order valence-corrected chi connectivity index (χ1v) is 6.39. The van der Waals surface area contributed by atoms with E-state index < -0.39 is 11.4 Å². The zero-order chi connectivity index (χ0) is 13.9. The third-order valence-electron chi connectivity index (χ3n) is 3.82. The van der Waals surface area contributed by atoms with Gasteiger partial charge in [-0.3, -0.25) is 14.3 Å². The molecule has 0 aliphatic heterocycles. The number of nitrogens with one attached hydrogen (secondary N) is 1. The predicted molar refractivity (Wildman–Crippen MR) is 66.2 cm³/mol. The van der Waals surface area contributed by atoms with Gasteiger partial charge in [-0.1, -0.05) is 11.6 Å². The second-order valence-electron chi connectivity index (χ2n) is 5.15. The third kappa shape index (κ3) is 2.91. The highest BCUT2D eigenvalue weighted by atomic mass is 16.4. The summed E-state index contributed by atoms with van der Waals surface area (Å²) < 4.78 is 1.57. The molecule has 0 aromatic carbocycles. The molecule has 1 aliphatic rings. The summed E-state index contributed by atoms with van der Waals surface area (Å²) in [5.41, 5.74) is -0.844. The predicted octanol–water partition coefficient (Wildman–Crippen LogP) is 0.428. The number of nitrogens with zero attached hydrogens (tertiary/aromatic N) is 3. The molecule has 1 aromatic rings. The summed E-state index contributed by atoms with van der Waals surface area (Å²) >= 11 is 0. The van der Waals surface area contributed by atoms with Crippen LogP contribution in [0.1, 0.15) is 32.6 Å². The van der Waals surface area contributed by atoms with Gasteiger partial charge in [-0.05, 0) is 19.8 Å².